The predicted octanol–water partition coefficient (Wildman–Crippen LogP) is 3.24. The molecule has 0 aromatic heterocycles. The molecule has 0 bridgehead atoms. The van der Waals surface area contributed by atoms with Crippen LogP contribution < -0.4 is 5.32 Å². The molecule has 0 spiro atoms. The van der Waals surface area contributed by atoms with Crippen LogP contribution in [0.15, 0.2) is 0 Å². The van der Waals surface area contributed by atoms with Gasteiger partial charge >= 0.3 is 0 Å². The molecule has 0 amide bonds. The third-order valence-electron chi connectivity index (χ3n) is 2.70. The topological polar surface area (TPSA) is 30.5 Å². The highest BCUT2D eigenvalue weighted by Crippen LogP contribution is 2.20. The Morgan fingerprint density at radius 3 is 2.35 bits per heavy atom. The van der Waals surface area contributed by atoms with E-state index in [4.69, 9.17) is 9.47 Å². The van der Waals surface area contributed by atoms with Gasteiger partial charge in [-0.2, -0.15) is 0 Å². The predicted molar refractivity (Wildman–Crippen MR) is 85.9 cm³/mol. The van der Waals surface area contributed by atoms with Gasteiger partial charge < -0.3 is 14.8 Å². The average molecular weight is 283 g/mol. The van der Waals surface area contributed by atoms with E-state index in [0.717, 1.165) is 19.6 Å². The molecule has 0 radical (unpaired) electrons. The highest BCUT2D eigenvalue weighted by Gasteiger charge is 2.07. The van der Waals surface area contributed by atoms with Gasteiger partial charge in [-0.25, -0.2) is 0 Å². The molecule has 0 aromatic rings. The first-order chi connectivity index (χ1) is 9.42. The molecule has 0 aliphatic carbocycles. The number of unbranched alkanes of at least 4 members (excludes halogenated alkanes) is 1. The van der Waals surface area contributed by atoms with E-state index in [1.807, 2.05) is 0 Å². The quantitative estimate of drug-likeness (QED) is 0.493. The first kappa shape index (κ1) is 19.4. The van der Waals surface area contributed by atoms with Gasteiger partial charge in [-0.15, -0.1) is 5.92 Å². The van der Waals surface area contributed by atoms with Crippen molar-refractivity contribution in [2.24, 2.45) is 5.41 Å². The maximum atomic E-state index is 5.43. The maximum absolute atomic E-state index is 5.43. The second kappa shape index (κ2) is 12.2. The summed E-state index contributed by atoms with van der Waals surface area (Å²) in [6.45, 7) is 14.5. The number of hydrogen-bond acceptors (Lipinski definition) is 3. The lowest BCUT2D eigenvalue weighted by atomic mass is 9.90. The fourth-order valence-corrected chi connectivity index (χ4v) is 1.61. The van der Waals surface area contributed by atoms with Gasteiger partial charge in [0.05, 0.1) is 19.8 Å². The first-order valence-electron chi connectivity index (χ1n) is 7.76. The molecule has 0 saturated carbocycles. The molecule has 0 aliphatic rings. The number of hydrogen-bond donors (Lipinski definition) is 1. The normalized spacial score (nSPS) is 11.5. The third kappa shape index (κ3) is 17.4. The van der Waals surface area contributed by atoms with Crippen LogP contribution in [0.3, 0.4) is 0 Å². The van der Waals surface area contributed by atoms with E-state index in [1.165, 1.54) is 12.8 Å². The zero-order valence-corrected chi connectivity index (χ0v) is 14.1. The molecule has 20 heavy (non-hydrogen) atoms. The minimum atomic E-state index is 0.417. The van der Waals surface area contributed by atoms with Gasteiger partial charge in [0, 0.05) is 19.0 Å². The summed E-state index contributed by atoms with van der Waals surface area (Å²) in [6, 6.07) is 0.517. The van der Waals surface area contributed by atoms with E-state index in [2.05, 4.69) is 51.8 Å². The molecule has 0 unspecified atom stereocenters. The fourth-order valence-electron chi connectivity index (χ4n) is 1.61. The zero-order valence-electron chi connectivity index (χ0n) is 14.1. The van der Waals surface area contributed by atoms with Crippen molar-refractivity contribution in [1.82, 2.24) is 5.32 Å². The number of nitrogens with one attached hydrogen (secondary N) is 1. The van der Waals surface area contributed by atoms with Crippen molar-refractivity contribution < 1.29 is 9.47 Å². The van der Waals surface area contributed by atoms with Crippen LogP contribution in [-0.4, -0.2) is 39.0 Å². The van der Waals surface area contributed by atoms with Crippen LogP contribution in [0.4, 0.5) is 0 Å². The summed E-state index contributed by atoms with van der Waals surface area (Å²) < 4.78 is 10.8. The molecule has 0 atom stereocenters. The smallest absolute Gasteiger partial charge is 0.107 e. The average Bonchev–Trinajstić information content (AvgIpc) is 2.33. The summed E-state index contributed by atoms with van der Waals surface area (Å²) in [4.78, 5) is 0. The van der Waals surface area contributed by atoms with Crippen LogP contribution in [0, 0.1) is 17.3 Å². The molecule has 0 aliphatic heterocycles. The van der Waals surface area contributed by atoms with Gasteiger partial charge in [0.1, 0.15) is 6.61 Å². The second-order valence-electron chi connectivity index (χ2n) is 6.54. The van der Waals surface area contributed by atoms with Crippen molar-refractivity contribution in [3.8, 4) is 11.8 Å². The zero-order chi connectivity index (χ0) is 15.3. The molecule has 0 saturated heterocycles. The van der Waals surface area contributed by atoms with Crippen LogP contribution in [0.1, 0.15) is 53.9 Å². The van der Waals surface area contributed by atoms with Crippen molar-refractivity contribution in [1.29, 1.82) is 0 Å². The number of ether oxygens (including phenoxy) is 2. The van der Waals surface area contributed by atoms with Gasteiger partial charge in [0.15, 0.2) is 0 Å². The fraction of sp³-hybridized carbons (Fsp3) is 0.882. The van der Waals surface area contributed by atoms with Crippen molar-refractivity contribution in [2.75, 3.05) is 33.0 Å². The van der Waals surface area contributed by atoms with E-state index < -0.39 is 0 Å². The van der Waals surface area contributed by atoms with E-state index in [1.54, 1.807) is 0 Å². The Balaban J connectivity index is 3.20. The Kier molecular flexibility index (Phi) is 11.9. The summed E-state index contributed by atoms with van der Waals surface area (Å²) in [5.41, 5.74) is 0.417. The summed E-state index contributed by atoms with van der Waals surface area (Å²) in [5.74, 6) is 6.20. The molecule has 0 rings (SSSR count). The van der Waals surface area contributed by atoms with Crippen LogP contribution >= 0.6 is 0 Å². The summed E-state index contributed by atoms with van der Waals surface area (Å²) in [6.07, 6.45) is 3.36. The molecule has 0 fully saturated rings. The standard InChI is InChI=1S/C17H33NO2/c1-16(2)18-11-13-20-15-14-19-12-9-7-6-8-10-17(3,4)5/h16,18H,6,8,10-15H2,1-5H3. The maximum Gasteiger partial charge on any atom is 0.107 e. The Bertz CT molecular complexity index is 271. The van der Waals surface area contributed by atoms with Gasteiger partial charge in [0.2, 0.25) is 0 Å². The van der Waals surface area contributed by atoms with Crippen molar-refractivity contribution in [3.05, 3.63) is 0 Å². The van der Waals surface area contributed by atoms with Crippen molar-refractivity contribution in [2.45, 2.75) is 59.9 Å². The van der Waals surface area contributed by atoms with Gasteiger partial charge in [0.25, 0.3) is 0 Å². The largest absolute Gasteiger partial charge is 0.378 e. The lowest BCUT2D eigenvalue weighted by Gasteiger charge is -2.16. The summed E-state index contributed by atoms with van der Waals surface area (Å²) in [7, 11) is 0. The molecule has 0 heterocycles. The first-order valence-corrected chi connectivity index (χ1v) is 7.76. The van der Waals surface area contributed by atoms with Crippen LogP contribution in [0.5, 0.6) is 0 Å². The molecule has 118 valence electrons. The lowest BCUT2D eigenvalue weighted by molar-refractivity contribution is 0.0608. The van der Waals surface area contributed by atoms with E-state index in [-0.39, 0.29) is 0 Å². The highest BCUT2D eigenvalue weighted by atomic mass is 16.5. The Morgan fingerprint density at radius 2 is 1.70 bits per heavy atom. The van der Waals surface area contributed by atoms with Crippen molar-refractivity contribution in [3.63, 3.8) is 0 Å². The van der Waals surface area contributed by atoms with E-state index in [9.17, 15) is 0 Å². The number of rotatable bonds is 10. The van der Waals surface area contributed by atoms with Crippen molar-refractivity contribution >= 4 is 0 Å². The second-order valence-corrected chi connectivity index (χ2v) is 6.54. The Labute approximate surface area is 125 Å². The monoisotopic (exact) mass is 283 g/mol. The van der Waals surface area contributed by atoms with E-state index in [0.29, 0.717) is 31.3 Å². The van der Waals surface area contributed by atoms with Crippen LogP contribution in [-0.2, 0) is 9.47 Å². The molecule has 0 aromatic carbocycles. The molecule has 1 N–H and O–H groups in total. The minimum Gasteiger partial charge on any atom is -0.378 e. The Morgan fingerprint density at radius 1 is 1.00 bits per heavy atom. The summed E-state index contributed by atoms with van der Waals surface area (Å²) in [5, 5.41) is 3.30. The molecular formula is C17H33NO2. The molecule has 3 heteroatoms. The van der Waals surface area contributed by atoms with E-state index >= 15 is 0 Å². The third-order valence-corrected chi connectivity index (χ3v) is 2.70. The van der Waals surface area contributed by atoms with Gasteiger partial charge in [-0.3, -0.25) is 0 Å². The van der Waals surface area contributed by atoms with Crippen LogP contribution in [0.25, 0.3) is 0 Å². The highest BCUT2D eigenvalue weighted by molar-refractivity contribution is 4.98. The minimum absolute atomic E-state index is 0.417. The van der Waals surface area contributed by atoms with Crippen LogP contribution in [0.2, 0.25) is 0 Å². The SMILES string of the molecule is CC(C)NCCOCCOCC#CCCCC(C)(C)C. The lowest BCUT2D eigenvalue weighted by Crippen LogP contribution is -2.27. The molecule has 3 nitrogen and oxygen atoms in total. The molecular weight excluding hydrogens is 250 g/mol. The van der Waals surface area contributed by atoms with Gasteiger partial charge in [-0.05, 0) is 18.3 Å². The summed E-state index contributed by atoms with van der Waals surface area (Å²) >= 11 is 0. The Hall–Kier alpha value is -0.560. The van der Waals surface area contributed by atoms with Gasteiger partial charge in [-0.1, -0.05) is 40.5 Å².